The predicted octanol–water partition coefficient (Wildman–Crippen LogP) is 4.87. The molecule has 2 heterocycles. The Morgan fingerprint density at radius 2 is 2.06 bits per heavy atom. The molecule has 0 saturated carbocycles. The van der Waals surface area contributed by atoms with Gasteiger partial charge in [0.25, 0.3) is 0 Å². The molecule has 0 spiro atoms. The summed E-state index contributed by atoms with van der Waals surface area (Å²) < 4.78 is 12.2. The van der Waals surface area contributed by atoms with Crippen molar-refractivity contribution in [3.63, 3.8) is 0 Å². The summed E-state index contributed by atoms with van der Waals surface area (Å²) in [4.78, 5) is 13.7. The van der Waals surface area contributed by atoms with Crippen molar-refractivity contribution in [2.45, 2.75) is 38.6 Å². The number of anilines is 2. The molecule has 1 aliphatic carbocycles. The molecule has 168 valence electrons. The molecule has 7 nitrogen and oxygen atoms in total. The van der Waals surface area contributed by atoms with Gasteiger partial charge in [-0.3, -0.25) is 4.68 Å². The molecule has 0 fully saturated rings. The number of carbonyl (C=O) groups excluding carboxylic acids is 1. The zero-order chi connectivity index (χ0) is 22.5. The number of methoxy groups -OCH3 is 2. The average Bonchev–Trinajstić information content (AvgIpc) is 3.29. The van der Waals surface area contributed by atoms with E-state index in [1.54, 1.807) is 24.6 Å². The lowest BCUT2D eigenvalue weighted by Crippen LogP contribution is -2.20. The fourth-order valence-corrected chi connectivity index (χ4v) is 5.45. The molecule has 0 atom stereocenters. The third-order valence-electron chi connectivity index (χ3n) is 5.41. The van der Waals surface area contributed by atoms with Gasteiger partial charge in [0.1, 0.15) is 10.8 Å². The molecule has 0 radical (unpaired) electrons. The summed E-state index contributed by atoms with van der Waals surface area (Å²) in [5.41, 5.74) is 3.58. The van der Waals surface area contributed by atoms with E-state index < -0.39 is 0 Å². The molecule has 0 saturated heterocycles. The molecule has 1 aromatic carbocycles. The second-order valence-corrected chi connectivity index (χ2v) is 9.13. The summed E-state index contributed by atoms with van der Waals surface area (Å²) in [5.74, 6) is 0.495. The first-order valence-corrected chi connectivity index (χ1v) is 11.8. The lowest BCUT2D eigenvalue weighted by atomic mass is 10.1. The van der Waals surface area contributed by atoms with Gasteiger partial charge in [-0.2, -0.15) is 5.10 Å². The van der Waals surface area contributed by atoms with E-state index in [9.17, 15) is 4.79 Å². The summed E-state index contributed by atoms with van der Waals surface area (Å²) in [7, 11) is 3.07. The molecule has 2 aromatic heterocycles. The van der Waals surface area contributed by atoms with Crippen molar-refractivity contribution in [1.29, 1.82) is 0 Å². The number of benzene rings is 1. The molecule has 9 heteroatoms. The normalized spacial score (nSPS) is 13.1. The van der Waals surface area contributed by atoms with Gasteiger partial charge < -0.3 is 20.1 Å². The highest BCUT2D eigenvalue weighted by molar-refractivity contribution is 7.80. The number of nitrogens with zero attached hydrogens (tertiary/aromatic N) is 2. The molecule has 4 rings (SSSR count). The van der Waals surface area contributed by atoms with Crippen LogP contribution < -0.4 is 15.4 Å². The topological polar surface area (TPSA) is 77.4 Å². The van der Waals surface area contributed by atoms with E-state index in [1.807, 2.05) is 35.1 Å². The van der Waals surface area contributed by atoms with Crippen LogP contribution in [0.4, 0.5) is 10.7 Å². The Bertz CT molecular complexity index is 1120. The van der Waals surface area contributed by atoms with Gasteiger partial charge in [-0.1, -0.05) is 18.6 Å². The highest BCUT2D eigenvalue weighted by Gasteiger charge is 2.25. The Morgan fingerprint density at radius 3 is 2.88 bits per heavy atom. The van der Waals surface area contributed by atoms with E-state index in [2.05, 4.69) is 15.7 Å². The maximum absolute atomic E-state index is 12.5. The number of thiophene rings is 1. The number of thiocarbonyl (C=S) groups is 1. The molecule has 2 N–H and O–H groups in total. The largest absolute Gasteiger partial charge is 0.497 e. The second kappa shape index (κ2) is 10.1. The quantitative estimate of drug-likeness (QED) is 0.302. The summed E-state index contributed by atoms with van der Waals surface area (Å²) in [6, 6.07) is 7.88. The van der Waals surface area contributed by atoms with Crippen LogP contribution >= 0.6 is 23.6 Å². The number of aryl methyl sites for hydroxylation is 1. The zero-order valence-corrected chi connectivity index (χ0v) is 19.8. The summed E-state index contributed by atoms with van der Waals surface area (Å²) >= 11 is 7.11. The predicted molar refractivity (Wildman–Crippen MR) is 131 cm³/mol. The molecule has 3 aromatic rings. The van der Waals surface area contributed by atoms with Crippen molar-refractivity contribution < 1.29 is 14.3 Å². The van der Waals surface area contributed by atoms with Gasteiger partial charge in [0.15, 0.2) is 5.11 Å². The maximum atomic E-state index is 12.5. The first-order valence-electron chi connectivity index (χ1n) is 10.5. The van der Waals surface area contributed by atoms with Crippen LogP contribution in [0.1, 0.15) is 45.6 Å². The van der Waals surface area contributed by atoms with Gasteiger partial charge in [-0.15, -0.1) is 11.3 Å². The monoisotopic (exact) mass is 470 g/mol. The van der Waals surface area contributed by atoms with E-state index in [0.717, 1.165) is 53.2 Å². The van der Waals surface area contributed by atoms with Gasteiger partial charge >= 0.3 is 5.97 Å². The number of rotatable bonds is 6. The standard InChI is InChI=1S/C23H26N4O3S2/c1-29-17-8-6-7-15(11-17)13-27-14-16(12-24-27)25-23(31)26-21-20(22(28)30-2)18-9-4-3-5-10-19(18)32-21/h6-8,11-12,14H,3-5,9-10,13H2,1-2H3,(H2,25,26,31). The Labute approximate surface area is 196 Å². The molecule has 0 amide bonds. The lowest BCUT2D eigenvalue weighted by Gasteiger charge is -2.10. The first kappa shape index (κ1) is 22.3. The number of esters is 1. The van der Waals surface area contributed by atoms with Gasteiger partial charge in [-0.25, -0.2) is 4.79 Å². The molecule has 0 bridgehead atoms. The summed E-state index contributed by atoms with van der Waals surface area (Å²) in [6.07, 6.45) is 8.91. The van der Waals surface area contributed by atoms with E-state index in [4.69, 9.17) is 21.7 Å². The minimum absolute atomic E-state index is 0.319. The number of hydrogen-bond acceptors (Lipinski definition) is 6. The average molecular weight is 471 g/mol. The number of hydrogen-bond donors (Lipinski definition) is 2. The van der Waals surface area contributed by atoms with Gasteiger partial charge in [-0.05, 0) is 61.2 Å². The van der Waals surface area contributed by atoms with E-state index in [0.29, 0.717) is 17.2 Å². The van der Waals surface area contributed by atoms with Gasteiger partial charge in [0.2, 0.25) is 0 Å². The van der Waals surface area contributed by atoms with Crippen molar-refractivity contribution in [3.8, 4) is 5.75 Å². The van der Waals surface area contributed by atoms with Crippen molar-refractivity contribution in [2.24, 2.45) is 0 Å². The number of carbonyl (C=O) groups is 1. The van der Waals surface area contributed by atoms with E-state index in [1.165, 1.54) is 18.4 Å². The van der Waals surface area contributed by atoms with Crippen molar-refractivity contribution in [3.05, 3.63) is 58.2 Å². The highest BCUT2D eigenvalue weighted by Crippen LogP contribution is 2.38. The van der Waals surface area contributed by atoms with Gasteiger partial charge in [0, 0.05) is 11.1 Å². The Hall–Kier alpha value is -2.91. The Kier molecular flexibility index (Phi) is 7.06. The van der Waals surface area contributed by atoms with Crippen LogP contribution in [0.5, 0.6) is 5.75 Å². The highest BCUT2D eigenvalue weighted by atomic mass is 32.1. The summed E-state index contributed by atoms with van der Waals surface area (Å²) in [6.45, 7) is 0.614. The second-order valence-electron chi connectivity index (χ2n) is 7.62. The van der Waals surface area contributed by atoms with Crippen LogP contribution in [-0.2, 0) is 24.1 Å². The Balaban J connectivity index is 1.45. The molecule has 1 aliphatic rings. The number of ether oxygens (including phenoxy) is 2. The zero-order valence-electron chi connectivity index (χ0n) is 18.1. The van der Waals surface area contributed by atoms with Crippen LogP contribution in [0.2, 0.25) is 0 Å². The SMILES string of the molecule is COC(=O)c1c(NC(=S)Nc2cnn(Cc3cccc(OC)c3)c2)sc2c1CCCCC2. The smallest absolute Gasteiger partial charge is 0.341 e. The van der Waals surface area contributed by atoms with Crippen LogP contribution in [-0.4, -0.2) is 35.1 Å². The first-order chi connectivity index (χ1) is 15.6. The maximum Gasteiger partial charge on any atom is 0.341 e. The number of aromatic nitrogens is 2. The molecule has 0 unspecified atom stereocenters. The van der Waals surface area contributed by atoms with Crippen LogP contribution in [0.15, 0.2) is 36.7 Å². The van der Waals surface area contributed by atoms with Crippen LogP contribution in [0.25, 0.3) is 0 Å². The number of fused-ring (bicyclic) bond motifs is 1. The molecular formula is C23H26N4O3S2. The Morgan fingerprint density at radius 1 is 1.22 bits per heavy atom. The molecular weight excluding hydrogens is 444 g/mol. The van der Waals surface area contributed by atoms with E-state index >= 15 is 0 Å². The molecule has 32 heavy (non-hydrogen) atoms. The number of nitrogens with one attached hydrogen (secondary N) is 2. The minimum Gasteiger partial charge on any atom is -0.497 e. The third kappa shape index (κ3) is 5.11. The van der Waals surface area contributed by atoms with Crippen molar-refractivity contribution in [1.82, 2.24) is 9.78 Å². The van der Waals surface area contributed by atoms with Crippen molar-refractivity contribution in [2.75, 3.05) is 24.9 Å². The van der Waals surface area contributed by atoms with Crippen LogP contribution in [0.3, 0.4) is 0 Å². The fraction of sp³-hybridized carbons (Fsp3) is 0.348. The third-order valence-corrected chi connectivity index (χ3v) is 6.82. The molecule has 0 aliphatic heterocycles. The van der Waals surface area contributed by atoms with Crippen molar-refractivity contribution >= 4 is 45.3 Å². The van der Waals surface area contributed by atoms with Gasteiger partial charge in [0.05, 0.1) is 38.2 Å². The minimum atomic E-state index is -0.319. The van der Waals surface area contributed by atoms with E-state index in [-0.39, 0.29) is 5.97 Å². The van der Waals surface area contributed by atoms with Crippen LogP contribution in [0, 0.1) is 0 Å². The fourth-order valence-electron chi connectivity index (χ4n) is 3.89. The lowest BCUT2D eigenvalue weighted by molar-refractivity contribution is 0.0601. The summed E-state index contributed by atoms with van der Waals surface area (Å²) in [5, 5.41) is 11.9.